The normalized spacial score (nSPS) is 14.5. The molecule has 0 aliphatic carbocycles. The first kappa shape index (κ1) is 24.8. The van der Waals surface area contributed by atoms with Crippen LogP contribution < -0.4 is 9.64 Å². The Labute approximate surface area is 198 Å². The van der Waals surface area contributed by atoms with Gasteiger partial charge in [0.2, 0.25) is 5.78 Å². The maximum absolute atomic E-state index is 13.1. The number of carbonyl (C=O) groups is 1. The van der Waals surface area contributed by atoms with Crippen LogP contribution in [0.5, 0.6) is 11.5 Å². The number of nitrogens with zero attached hydrogens (tertiary/aromatic N) is 2. The zero-order chi connectivity index (χ0) is 24.1. The summed E-state index contributed by atoms with van der Waals surface area (Å²) in [4.78, 5) is 17.7. The molecule has 33 heavy (non-hydrogen) atoms. The quantitative estimate of drug-likeness (QED) is 0.452. The Balaban J connectivity index is 1.87. The number of Topliss-reactive ketones (excluding diaryl/α,β-unsaturated/α-hetero) is 1. The minimum atomic E-state index is -0.140. The highest BCUT2D eigenvalue weighted by Gasteiger charge is 2.31. The fourth-order valence-corrected chi connectivity index (χ4v) is 4.43. The number of anilines is 1. The number of ether oxygens (including phenoxy) is 1. The molecule has 0 unspecified atom stereocenters. The second-order valence-electron chi connectivity index (χ2n) is 9.63. The van der Waals surface area contributed by atoms with Gasteiger partial charge in [-0.15, -0.1) is 0 Å². The van der Waals surface area contributed by atoms with Crippen LogP contribution in [0.4, 0.5) is 5.69 Å². The number of ketones is 1. The van der Waals surface area contributed by atoms with Crippen LogP contribution in [0.3, 0.4) is 0 Å². The van der Waals surface area contributed by atoms with Gasteiger partial charge in [-0.3, -0.25) is 9.69 Å². The second-order valence-corrected chi connectivity index (χ2v) is 9.63. The Morgan fingerprint density at radius 1 is 0.939 bits per heavy atom. The molecule has 178 valence electrons. The summed E-state index contributed by atoms with van der Waals surface area (Å²) in [5.74, 6) is 1.82. The first-order chi connectivity index (χ1) is 15.7. The predicted octanol–water partition coefficient (Wildman–Crippen LogP) is 5.97. The van der Waals surface area contributed by atoms with Crippen molar-refractivity contribution in [3.63, 3.8) is 0 Å². The lowest BCUT2D eigenvalue weighted by atomic mass is 10.0. The lowest BCUT2D eigenvalue weighted by Crippen LogP contribution is -2.31. The summed E-state index contributed by atoms with van der Waals surface area (Å²) in [5, 5.41) is 10.6. The number of carbonyl (C=O) groups excluding carboxylic acids is 1. The van der Waals surface area contributed by atoms with Crippen molar-refractivity contribution in [1.29, 1.82) is 0 Å². The van der Waals surface area contributed by atoms with E-state index in [0.29, 0.717) is 41.0 Å². The van der Waals surface area contributed by atoms with Gasteiger partial charge in [-0.2, -0.15) is 0 Å². The van der Waals surface area contributed by atoms with Gasteiger partial charge < -0.3 is 14.7 Å². The molecule has 1 aliphatic rings. The van der Waals surface area contributed by atoms with E-state index in [2.05, 4.69) is 63.5 Å². The number of allylic oxidation sites excluding steroid dienone is 1. The maximum atomic E-state index is 13.1. The van der Waals surface area contributed by atoms with E-state index in [-0.39, 0.29) is 11.5 Å². The van der Waals surface area contributed by atoms with Crippen molar-refractivity contribution in [3.05, 3.63) is 58.8 Å². The van der Waals surface area contributed by atoms with Crippen molar-refractivity contribution in [2.75, 3.05) is 31.1 Å². The highest BCUT2D eigenvalue weighted by atomic mass is 16.5. The number of fused-ring (bicyclic) bond motifs is 1. The summed E-state index contributed by atoms with van der Waals surface area (Å²) < 4.78 is 6.08. The molecular formula is C28H38N2O3. The molecule has 0 atom stereocenters. The third-order valence-electron chi connectivity index (χ3n) is 5.86. The average Bonchev–Trinajstić information content (AvgIpc) is 3.07. The first-order valence-electron chi connectivity index (χ1n) is 12.1. The van der Waals surface area contributed by atoms with E-state index in [9.17, 15) is 9.90 Å². The monoisotopic (exact) mass is 450 g/mol. The molecular weight excluding hydrogens is 412 g/mol. The third kappa shape index (κ3) is 5.97. The van der Waals surface area contributed by atoms with Gasteiger partial charge in [0.1, 0.15) is 11.5 Å². The van der Waals surface area contributed by atoms with E-state index >= 15 is 0 Å². The number of hydrogen-bond donors (Lipinski definition) is 1. The van der Waals surface area contributed by atoms with Crippen molar-refractivity contribution < 1.29 is 14.6 Å². The lowest BCUT2D eigenvalue weighted by Gasteiger charge is -2.27. The Morgan fingerprint density at radius 3 is 2.09 bits per heavy atom. The zero-order valence-electron chi connectivity index (χ0n) is 20.9. The molecule has 1 heterocycles. The van der Waals surface area contributed by atoms with Crippen LogP contribution in [-0.4, -0.2) is 42.0 Å². The molecule has 0 bridgehead atoms. The predicted molar refractivity (Wildman–Crippen MR) is 136 cm³/mol. The van der Waals surface area contributed by atoms with Crippen molar-refractivity contribution in [2.24, 2.45) is 11.8 Å². The zero-order valence-corrected chi connectivity index (χ0v) is 20.9. The number of hydrogen-bond acceptors (Lipinski definition) is 5. The Kier molecular flexibility index (Phi) is 8.20. The minimum Gasteiger partial charge on any atom is -0.507 e. The van der Waals surface area contributed by atoms with Crippen molar-refractivity contribution in [2.45, 2.75) is 48.1 Å². The molecule has 2 aromatic rings. The minimum absolute atomic E-state index is 0.140. The topological polar surface area (TPSA) is 53.0 Å². The summed E-state index contributed by atoms with van der Waals surface area (Å²) in [6.07, 6.45) is 1.79. The van der Waals surface area contributed by atoms with Crippen LogP contribution in [0, 0.1) is 11.8 Å². The Morgan fingerprint density at radius 2 is 1.55 bits per heavy atom. The van der Waals surface area contributed by atoms with Crippen LogP contribution in [0.25, 0.3) is 6.08 Å². The van der Waals surface area contributed by atoms with Gasteiger partial charge in [0.25, 0.3) is 0 Å². The smallest absolute Gasteiger partial charge is 0.231 e. The molecule has 0 saturated heterocycles. The van der Waals surface area contributed by atoms with E-state index < -0.39 is 0 Å². The van der Waals surface area contributed by atoms with Crippen LogP contribution in [0.1, 0.15) is 63.0 Å². The van der Waals surface area contributed by atoms with Gasteiger partial charge in [-0.25, -0.2) is 0 Å². The van der Waals surface area contributed by atoms with E-state index in [1.807, 2.05) is 12.1 Å². The number of aromatic hydroxyl groups is 1. The average molecular weight is 451 g/mol. The van der Waals surface area contributed by atoms with Crippen molar-refractivity contribution >= 4 is 17.5 Å². The maximum Gasteiger partial charge on any atom is 0.231 e. The highest BCUT2D eigenvalue weighted by molar-refractivity contribution is 6.15. The van der Waals surface area contributed by atoms with E-state index in [4.69, 9.17) is 4.74 Å². The van der Waals surface area contributed by atoms with Crippen LogP contribution >= 0.6 is 0 Å². The number of rotatable bonds is 10. The molecule has 1 aliphatic heterocycles. The van der Waals surface area contributed by atoms with Gasteiger partial charge in [0, 0.05) is 38.4 Å². The Bertz CT molecular complexity index is 979. The van der Waals surface area contributed by atoms with Gasteiger partial charge in [0.05, 0.1) is 11.1 Å². The van der Waals surface area contributed by atoms with Gasteiger partial charge in [0.15, 0.2) is 5.76 Å². The summed E-state index contributed by atoms with van der Waals surface area (Å²) in [7, 11) is 0. The first-order valence-corrected chi connectivity index (χ1v) is 12.1. The summed E-state index contributed by atoms with van der Waals surface area (Å²) in [6.45, 7) is 17.3. The SMILES string of the molecule is CCN(CC)c1ccc(/C=C2/Oc3c(ccc(O)c3CN(CC(C)C)CC(C)C)C2=O)cc1. The lowest BCUT2D eigenvalue weighted by molar-refractivity contribution is 0.101. The number of phenols is 1. The fraction of sp³-hybridized carbons (Fsp3) is 0.464. The van der Waals surface area contributed by atoms with E-state index in [1.54, 1.807) is 18.2 Å². The molecule has 0 saturated carbocycles. The van der Waals surface area contributed by atoms with Crippen LogP contribution in [0.15, 0.2) is 42.2 Å². The largest absolute Gasteiger partial charge is 0.507 e. The summed E-state index contributed by atoms with van der Waals surface area (Å²) >= 11 is 0. The van der Waals surface area contributed by atoms with Gasteiger partial charge in [-0.05, 0) is 61.6 Å². The second kappa shape index (κ2) is 10.9. The van der Waals surface area contributed by atoms with Gasteiger partial charge >= 0.3 is 0 Å². The van der Waals surface area contributed by atoms with Crippen LogP contribution in [-0.2, 0) is 6.54 Å². The fourth-order valence-electron chi connectivity index (χ4n) is 4.43. The molecule has 0 radical (unpaired) electrons. The highest BCUT2D eigenvalue weighted by Crippen LogP contribution is 2.40. The van der Waals surface area contributed by atoms with Crippen molar-refractivity contribution in [3.8, 4) is 11.5 Å². The van der Waals surface area contributed by atoms with E-state index in [1.165, 1.54) is 0 Å². The summed E-state index contributed by atoms with van der Waals surface area (Å²) in [6, 6.07) is 11.4. The van der Waals surface area contributed by atoms with Gasteiger partial charge in [-0.1, -0.05) is 39.8 Å². The number of phenolic OH excluding ortho intramolecular Hbond substituents is 1. The molecule has 5 nitrogen and oxygen atoms in total. The summed E-state index contributed by atoms with van der Waals surface area (Å²) in [5.41, 5.74) is 3.27. The Hall–Kier alpha value is -2.79. The van der Waals surface area contributed by atoms with Crippen LogP contribution in [0.2, 0.25) is 0 Å². The number of benzene rings is 2. The van der Waals surface area contributed by atoms with E-state index in [0.717, 1.165) is 37.4 Å². The molecule has 0 amide bonds. The van der Waals surface area contributed by atoms with Crippen molar-refractivity contribution in [1.82, 2.24) is 4.90 Å². The molecule has 5 heteroatoms. The molecule has 1 N–H and O–H groups in total. The molecule has 0 aromatic heterocycles. The standard InChI is InChI=1S/C28H38N2O3/c1-7-30(8-2)22-11-9-21(10-12-22)15-26-27(32)23-13-14-25(31)24(28(23)33-26)18-29(16-19(3)4)17-20(5)6/h9-15,19-20,31H,7-8,16-18H2,1-6H3/b26-15+. The molecule has 0 fully saturated rings. The third-order valence-corrected chi connectivity index (χ3v) is 5.86. The molecule has 2 aromatic carbocycles. The molecule has 3 rings (SSSR count). The molecule has 0 spiro atoms.